The van der Waals surface area contributed by atoms with E-state index in [0.717, 1.165) is 45.4 Å². The van der Waals surface area contributed by atoms with Gasteiger partial charge in [-0.15, -0.1) is 0 Å². The van der Waals surface area contributed by atoms with E-state index >= 15 is 0 Å². The maximum Gasteiger partial charge on any atom is 0.0702 e. The molecule has 2 fully saturated rings. The molecule has 2 aliphatic rings. The van der Waals surface area contributed by atoms with Crippen LogP contribution in [0.4, 0.5) is 0 Å². The molecule has 1 aliphatic heterocycles. The van der Waals surface area contributed by atoms with Gasteiger partial charge in [-0.25, -0.2) is 0 Å². The van der Waals surface area contributed by atoms with Crippen LogP contribution < -0.4 is 0 Å². The summed E-state index contributed by atoms with van der Waals surface area (Å²) in [7, 11) is 0. The summed E-state index contributed by atoms with van der Waals surface area (Å²) in [4.78, 5) is 2.56. The quantitative estimate of drug-likeness (QED) is 0.795. The fourth-order valence-corrected chi connectivity index (χ4v) is 3.01. The van der Waals surface area contributed by atoms with Gasteiger partial charge in [0.1, 0.15) is 0 Å². The van der Waals surface area contributed by atoms with Gasteiger partial charge >= 0.3 is 0 Å². The molecule has 16 heavy (non-hydrogen) atoms. The van der Waals surface area contributed by atoms with E-state index < -0.39 is 0 Å². The first-order valence-corrected chi connectivity index (χ1v) is 6.83. The molecule has 0 radical (unpaired) electrons. The first kappa shape index (κ1) is 12.3. The Bertz CT molecular complexity index is 196. The smallest absolute Gasteiger partial charge is 0.0702 e. The van der Waals surface area contributed by atoms with Crippen LogP contribution in [-0.2, 0) is 4.74 Å². The predicted molar refractivity (Wildman–Crippen MR) is 64.5 cm³/mol. The maximum atomic E-state index is 9.52. The lowest BCUT2D eigenvalue weighted by molar-refractivity contribution is 0.0330. The highest BCUT2D eigenvalue weighted by Crippen LogP contribution is 2.24. The summed E-state index contributed by atoms with van der Waals surface area (Å²) >= 11 is 0. The van der Waals surface area contributed by atoms with Crippen molar-refractivity contribution in [3.63, 3.8) is 0 Å². The van der Waals surface area contributed by atoms with Gasteiger partial charge in [-0.1, -0.05) is 6.92 Å². The van der Waals surface area contributed by atoms with Gasteiger partial charge in [-0.3, -0.25) is 4.90 Å². The molecule has 3 heteroatoms. The molecule has 0 amide bonds. The number of likely N-dealkylation sites (N-methyl/N-ethyl adjacent to an activating group) is 1. The number of ether oxygens (including phenoxy) is 1. The third-order valence-corrected chi connectivity index (χ3v) is 4.05. The molecule has 0 aromatic carbocycles. The number of aliphatic hydroxyl groups is 1. The molecule has 1 heterocycles. The molecule has 0 spiro atoms. The lowest BCUT2D eigenvalue weighted by Crippen LogP contribution is -2.42. The van der Waals surface area contributed by atoms with Crippen molar-refractivity contribution < 1.29 is 9.84 Å². The molecule has 1 atom stereocenters. The highest BCUT2D eigenvalue weighted by atomic mass is 16.5. The molecular formula is C13H25NO2. The Morgan fingerprint density at radius 2 is 1.94 bits per heavy atom. The van der Waals surface area contributed by atoms with E-state index in [-0.39, 0.29) is 6.10 Å². The summed E-state index contributed by atoms with van der Waals surface area (Å²) < 4.78 is 5.71. The molecule has 1 unspecified atom stereocenters. The summed E-state index contributed by atoms with van der Waals surface area (Å²) in [6.45, 7) is 5.39. The molecule has 94 valence electrons. The second-order valence-corrected chi connectivity index (χ2v) is 5.18. The van der Waals surface area contributed by atoms with Crippen molar-refractivity contribution >= 4 is 0 Å². The van der Waals surface area contributed by atoms with Crippen LogP contribution in [0, 0.1) is 0 Å². The van der Waals surface area contributed by atoms with E-state index in [9.17, 15) is 5.11 Å². The van der Waals surface area contributed by atoms with Gasteiger partial charge in [0.05, 0.1) is 12.2 Å². The third kappa shape index (κ3) is 3.19. The number of nitrogens with zero attached hydrogens (tertiary/aromatic N) is 1. The summed E-state index contributed by atoms with van der Waals surface area (Å²) in [6, 6.07) is 0.678. The Hall–Kier alpha value is -0.120. The Balaban J connectivity index is 1.79. The molecule has 1 N–H and O–H groups in total. The summed E-state index contributed by atoms with van der Waals surface area (Å²) in [5.41, 5.74) is 0. The van der Waals surface area contributed by atoms with E-state index in [1.807, 2.05) is 0 Å². The zero-order valence-electron chi connectivity index (χ0n) is 10.4. The van der Waals surface area contributed by atoms with E-state index in [2.05, 4.69) is 11.8 Å². The Labute approximate surface area is 98.8 Å². The number of hydrogen-bond acceptors (Lipinski definition) is 3. The van der Waals surface area contributed by atoms with Crippen molar-refractivity contribution in [2.75, 3.05) is 19.7 Å². The molecule has 1 saturated carbocycles. The van der Waals surface area contributed by atoms with Gasteiger partial charge in [0.25, 0.3) is 0 Å². The van der Waals surface area contributed by atoms with Gasteiger partial charge in [-0.05, 0) is 45.1 Å². The Morgan fingerprint density at radius 3 is 2.50 bits per heavy atom. The second kappa shape index (κ2) is 5.99. The van der Waals surface area contributed by atoms with Crippen LogP contribution in [0.2, 0.25) is 0 Å². The van der Waals surface area contributed by atoms with Crippen LogP contribution >= 0.6 is 0 Å². The van der Waals surface area contributed by atoms with Crippen LogP contribution in [0.1, 0.15) is 45.4 Å². The first-order chi connectivity index (χ1) is 7.79. The number of rotatable bonds is 4. The summed E-state index contributed by atoms with van der Waals surface area (Å²) in [5, 5.41) is 9.52. The fraction of sp³-hybridized carbons (Fsp3) is 1.00. The van der Waals surface area contributed by atoms with Crippen LogP contribution in [0.5, 0.6) is 0 Å². The molecule has 3 nitrogen and oxygen atoms in total. The fourth-order valence-electron chi connectivity index (χ4n) is 3.01. The highest BCUT2D eigenvalue weighted by Gasteiger charge is 2.27. The summed E-state index contributed by atoms with van der Waals surface area (Å²) in [5.74, 6) is 0. The topological polar surface area (TPSA) is 32.7 Å². The van der Waals surface area contributed by atoms with Crippen molar-refractivity contribution in [1.29, 1.82) is 0 Å². The van der Waals surface area contributed by atoms with Crippen LogP contribution in [-0.4, -0.2) is 48.0 Å². The van der Waals surface area contributed by atoms with Gasteiger partial charge in [0, 0.05) is 19.2 Å². The average Bonchev–Trinajstić information content (AvgIpc) is 2.80. The maximum absolute atomic E-state index is 9.52. The third-order valence-electron chi connectivity index (χ3n) is 4.05. The average molecular weight is 227 g/mol. The van der Waals surface area contributed by atoms with Gasteiger partial charge in [0.15, 0.2) is 0 Å². The largest absolute Gasteiger partial charge is 0.393 e. The SMILES string of the molecule is CCN(CC1CCCO1)C1CCC(O)CC1. The lowest BCUT2D eigenvalue weighted by Gasteiger charge is -2.36. The van der Waals surface area contributed by atoms with Gasteiger partial charge in [0.2, 0.25) is 0 Å². The minimum atomic E-state index is -0.0438. The zero-order valence-corrected chi connectivity index (χ0v) is 10.4. The Kier molecular flexibility index (Phi) is 4.62. The highest BCUT2D eigenvalue weighted by molar-refractivity contribution is 4.81. The van der Waals surface area contributed by atoms with Crippen LogP contribution in [0.3, 0.4) is 0 Å². The Morgan fingerprint density at radius 1 is 1.19 bits per heavy atom. The van der Waals surface area contributed by atoms with E-state index in [0.29, 0.717) is 12.1 Å². The predicted octanol–water partition coefficient (Wildman–Crippen LogP) is 1.79. The second-order valence-electron chi connectivity index (χ2n) is 5.18. The number of hydrogen-bond donors (Lipinski definition) is 1. The van der Waals surface area contributed by atoms with Crippen LogP contribution in [0.25, 0.3) is 0 Å². The standard InChI is InChI=1S/C13H25NO2/c1-2-14(10-13-4-3-9-16-13)11-5-7-12(15)8-6-11/h11-13,15H,2-10H2,1H3. The van der Waals surface area contributed by atoms with Crippen LogP contribution in [0.15, 0.2) is 0 Å². The molecular weight excluding hydrogens is 202 g/mol. The zero-order chi connectivity index (χ0) is 11.4. The van der Waals surface area contributed by atoms with E-state index in [4.69, 9.17) is 4.74 Å². The number of aliphatic hydroxyl groups excluding tert-OH is 1. The normalized spacial score (nSPS) is 35.8. The van der Waals surface area contributed by atoms with E-state index in [1.54, 1.807) is 0 Å². The molecule has 0 aromatic rings. The lowest BCUT2D eigenvalue weighted by atomic mass is 9.91. The van der Waals surface area contributed by atoms with Crippen molar-refractivity contribution in [3.8, 4) is 0 Å². The van der Waals surface area contributed by atoms with Crippen molar-refractivity contribution in [2.24, 2.45) is 0 Å². The molecule has 1 saturated heterocycles. The van der Waals surface area contributed by atoms with E-state index in [1.165, 1.54) is 12.8 Å². The molecule has 2 rings (SSSR count). The van der Waals surface area contributed by atoms with Crippen molar-refractivity contribution in [3.05, 3.63) is 0 Å². The van der Waals surface area contributed by atoms with Crippen molar-refractivity contribution in [1.82, 2.24) is 4.90 Å². The summed E-state index contributed by atoms with van der Waals surface area (Å²) in [6.07, 6.45) is 7.14. The molecule has 0 bridgehead atoms. The monoisotopic (exact) mass is 227 g/mol. The molecule has 1 aliphatic carbocycles. The molecule has 0 aromatic heterocycles. The minimum Gasteiger partial charge on any atom is -0.393 e. The first-order valence-electron chi connectivity index (χ1n) is 6.83. The van der Waals surface area contributed by atoms with Gasteiger partial charge < -0.3 is 9.84 Å². The van der Waals surface area contributed by atoms with Gasteiger partial charge in [-0.2, -0.15) is 0 Å². The minimum absolute atomic E-state index is 0.0438. The van der Waals surface area contributed by atoms with Crippen molar-refractivity contribution in [2.45, 2.75) is 63.7 Å².